The number of benzene rings is 2. The van der Waals surface area contributed by atoms with Crippen molar-refractivity contribution in [2.24, 2.45) is 0 Å². The number of nitrogens with one attached hydrogen (secondary N) is 1. The molecular formula is C20H20ClN3OS. The van der Waals surface area contributed by atoms with E-state index in [2.05, 4.69) is 35.5 Å². The minimum absolute atomic E-state index is 0.0324. The van der Waals surface area contributed by atoms with Crippen molar-refractivity contribution in [1.82, 2.24) is 9.78 Å². The Balaban J connectivity index is 1.51. The van der Waals surface area contributed by atoms with Gasteiger partial charge in [-0.3, -0.25) is 4.79 Å². The molecule has 6 heteroatoms. The topological polar surface area (TPSA) is 46.9 Å². The Labute approximate surface area is 162 Å². The maximum absolute atomic E-state index is 12.2. The number of amides is 1. The van der Waals surface area contributed by atoms with Gasteiger partial charge in [-0.25, -0.2) is 4.68 Å². The predicted molar refractivity (Wildman–Crippen MR) is 109 cm³/mol. The molecule has 0 aliphatic heterocycles. The van der Waals surface area contributed by atoms with E-state index in [1.54, 1.807) is 22.6 Å². The van der Waals surface area contributed by atoms with Crippen molar-refractivity contribution in [2.45, 2.75) is 19.2 Å². The van der Waals surface area contributed by atoms with Gasteiger partial charge in [-0.05, 0) is 30.2 Å². The molecule has 0 fully saturated rings. The fourth-order valence-corrected chi connectivity index (χ4v) is 3.48. The van der Waals surface area contributed by atoms with Gasteiger partial charge >= 0.3 is 0 Å². The zero-order valence-electron chi connectivity index (χ0n) is 14.5. The van der Waals surface area contributed by atoms with E-state index < -0.39 is 0 Å². The van der Waals surface area contributed by atoms with Gasteiger partial charge in [0.25, 0.3) is 0 Å². The molecule has 1 aromatic heterocycles. The SMILES string of the molecule is Cc1cccc(Cn2nccc2NC(=O)CSCc2ccc(Cl)cc2)c1. The van der Waals surface area contributed by atoms with Crippen LogP contribution < -0.4 is 5.32 Å². The molecule has 3 rings (SSSR count). The zero-order chi connectivity index (χ0) is 18.4. The first kappa shape index (κ1) is 18.5. The number of hydrogen-bond donors (Lipinski definition) is 1. The maximum atomic E-state index is 12.2. The number of rotatable bonds is 7. The standard InChI is InChI=1S/C20H20ClN3OS/c1-15-3-2-4-17(11-15)12-24-19(9-10-22-24)23-20(25)14-26-13-16-5-7-18(21)8-6-16/h2-11H,12-14H2,1H3,(H,23,25). The number of carbonyl (C=O) groups is 1. The van der Waals surface area contributed by atoms with Crippen LogP contribution in [0, 0.1) is 6.92 Å². The van der Waals surface area contributed by atoms with E-state index in [1.165, 1.54) is 5.56 Å². The van der Waals surface area contributed by atoms with Crippen molar-refractivity contribution in [2.75, 3.05) is 11.1 Å². The molecule has 26 heavy (non-hydrogen) atoms. The molecule has 2 aromatic carbocycles. The maximum Gasteiger partial charge on any atom is 0.235 e. The Morgan fingerprint density at radius 1 is 1.15 bits per heavy atom. The summed E-state index contributed by atoms with van der Waals surface area (Å²) in [6.07, 6.45) is 1.70. The van der Waals surface area contributed by atoms with E-state index in [0.29, 0.717) is 18.1 Å². The molecule has 4 nitrogen and oxygen atoms in total. The van der Waals surface area contributed by atoms with Gasteiger partial charge in [0, 0.05) is 16.8 Å². The molecule has 0 saturated carbocycles. The molecule has 1 N–H and O–H groups in total. The smallest absolute Gasteiger partial charge is 0.235 e. The third-order valence-corrected chi connectivity index (χ3v) is 5.07. The number of carbonyl (C=O) groups excluding carboxylic acids is 1. The summed E-state index contributed by atoms with van der Waals surface area (Å²) in [6.45, 7) is 2.69. The molecule has 1 heterocycles. The fourth-order valence-electron chi connectivity index (χ4n) is 2.57. The molecule has 0 radical (unpaired) electrons. The van der Waals surface area contributed by atoms with Crippen molar-refractivity contribution in [3.05, 3.63) is 82.5 Å². The second-order valence-electron chi connectivity index (χ2n) is 6.03. The molecule has 1 amide bonds. The van der Waals surface area contributed by atoms with Crippen molar-refractivity contribution >= 4 is 35.1 Å². The molecular weight excluding hydrogens is 366 g/mol. The first-order valence-electron chi connectivity index (χ1n) is 8.29. The Morgan fingerprint density at radius 2 is 1.96 bits per heavy atom. The molecule has 0 aliphatic rings. The van der Waals surface area contributed by atoms with Crippen LogP contribution in [0.15, 0.2) is 60.8 Å². The molecule has 0 atom stereocenters. The van der Waals surface area contributed by atoms with Crippen LogP contribution in [0.2, 0.25) is 5.02 Å². The first-order valence-corrected chi connectivity index (χ1v) is 9.83. The van der Waals surface area contributed by atoms with E-state index in [0.717, 1.165) is 21.9 Å². The molecule has 0 unspecified atom stereocenters. The van der Waals surface area contributed by atoms with Gasteiger partial charge < -0.3 is 5.32 Å². The van der Waals surface area contributed by atoms with Gasteiger partial charge in [0.15, 0.2) is 0 Å². The Hall–Kier alpha value is -2.24. The highest BCUT2D eigenvalue weighted by Crippen LogP contribution is 2.16. The number of halogens is 1. The molecule has 134 valence electrons. The highest BCUT2D eigenvalue weighted by Gasteiger charge is 2.08. The van der Waals surface area contributed by atoms with Crippen LogP contribution >= 0.6 is 23.4 Å². The van der Waals surface area contributed by atoms with Crippen molar-refractivity contribution in [1.29, 1.82) is 0 Å². The Bertz CT molecular complexity index is 877. The minimum atomic E-state index is -0.0324. The van der Waals surface area contributed by atoms with Gasteiger partial charge in [-0.15, -0.1) is 11.8 Å². The predicted octanol–water partition coefficient (Wildman–Crippen LogP) is 4.77. The number of aryl methyl sites for hydroxylation is 1. The van der Waals surface area contributed by atoms with Crippen LogP contribution in [0.25, 0.3) is 0 Å². The van der Waals surface area contributed by atoms with Crippen LogP contribution in [0.5, 0.6) is 0 Å². The average molecular weight is 386 g/mol. The second kappa shape index (κ2) is 8.92. The molecule has 3 aromatic rings. The molecule has 0 bridgehead atoms. The van der Waals surface area contributed by atoms with E-state index in [4.69, 9.17) is 11.6 Å². The average Bonchev–Trinajstić information content (AvgIpc) is 3.03. The van der Waals surface area contributed by atoms with Crippen molar-refractivity contribution < 1.29 is 4.79 Å². The second-order valence-corrected chi connectivity index (χ2v) is 7.45. The van der Waals surface area contributed by atoms with Gasteiger partial charge in [-0.1, -0.05) is 53.6 Å². The summed E-state index contributed by atoms with van der Waals surface area (Å²) in [5.74, 6) is 1.84. The van der Waals surface area contributed by atoms with Gasteiger partial charge in [0.1, 0.15) is 5.82 Å². The lowest BCUT2D eigenvalue weighted by atomic mass is 10.1. The van der Waals surface area contributed by atoms with Gasteiger partial charge in [0.05, 0.1) is 18.5 Å². The summed E-state index contributed by atoms with van der Waals surface area (Å²) in [7, 11) is 0. The van der Waals surface area contributed by atoms with Crippen LogP contribution in [0.4, 0.5) is 5.82 Å². The van der Waals surface area contributed by atoms with Crippen LogP contribution in [-0.4, -0.2) is 21.4 Å². The van der Waals surface area contributed by atoms with Crippen LogP contribution in [0.1, 0.15) is 16.7 Å². The fraction of sp³-hybridized carbons (Fsp3) is 0.200. The number of thioether (sulfide) groups is 1. The van der Waals surface area contributed by atoms with Gasteiger partial charge in [0.2, 0.25) is 5.91 Å². The lowest BCUT2D eigenvalue weighted by Gasteiger charge is -2.10. The highest BCUT2D eigenvalue weighted by atomic mass is 35.5. The highest BCUT2D eigenvalue weighted by molar-refractivity contribution is 7.99. The number of nitrogens with zero attached hydrogens (tertiary/aromatic N) is 2. The molecule has 0 saturated heterocycles. The van der Waals surface area contributed by atoms with Crippen molar-refractivity contribution in [3.8, 4) is 0 Å². The number of anilines is 1. The summed E-state index contributed by atoms with van der Waals surface area (Å²) in [5, 5.41) is 7.97. The lowest BCUT2D eigenvalue weighted by molar-refractivity contribution is -0.113. The Morgan fingerprint density at radius 3 is 2.73 bits per heavy atom. The lowest BCUT2D eigenvalue weighted by Crippen LogP contribution is -2.18. The van der Waals surface area contributed by atoms with E-state index in [-0.39, 0.29) is 5.91 Å². The third-order valence-electron chi connectivity index (χ3n) is 3.81. The quantitative estimate of drug-likeness (QED) is 0.637. The monoisotopic (exact) mass is 385 g/mol. The van der Waals surface area contributed by atoms with E-state index in [1.807, 2.05) is 36.4 Å². The summed E-state index contributed by atoms with van der Waals surface area (Å²) in [5.41, 5.74) is 3.51. The van der Waals surface area contributed by atoms with Crippen LogP contribution in [0.3, 0.4) is 0 Å². The number of aromatic nitrogens is 2. The summed E-state index contributed by atoms with van der Waals surface area (Å²) < 4.78 is 1.80. The normalized spacial score (nSPS) is 10.7. The van der Waals surface area contributed by atoms with Gasteiger partial charge in [-0.2, -0.15) is 5.10 Å². The Kier molecular flexibility index (Phi) is 6.36. The first-order chi connectivity index (χ1) is 12.6. The number of hydrogen-bond acceptors (Lipinski definition) is 3. The minimum Gasteiger partial charge on any atom is -0.310 e. The summed E-state index contributed by atoms with van der Waals surface area (Å²) >= 11 is 7.45. The van der Waals surface area contributed by atoms with E-state index >= 15 is 0 Å². The molecule has 0 aliphatic carbocycles. The summed E-state index contributed by atoms with van der Waals surface area (Å²) in [6, 6.07) is 17.8. The zero-order valence-corrected chi connectivity index (χ0v) is 16.1. The largest absolute Gasteiger partial charge is 0.310 e. The summed E-state index contributed by atoms with van der Waals surface area (Å²) in [4.78, 5) is 12.2. The van der Waals surface area contributed by atoms with Crippen molar-refractivity contribution in [3.63, 3.8) is 0 Å². The van der Waals surface area contributed by atoms with Crippen LogP contribution in [-0.2, 0) is 17.1 Å². The third kappa shape index (κ3) is 5.38. The molecule has 0 spiro atoms. The van der Waals surface area contributed by atoms with E-state index in [9.17, 15) is 4.79 Å².